The first-order valence-corrected chi connectivity index (χ1v) is 8.78. The largest absolute Gasteiger partial charge is 0.337 e. The van der Waals surface area contributed by atoms with E-state index in [-0.39, 0.29) is 11.6 Å². The minimum absolute atomic E-state index is 0.0313. The molecule has 1 aromatic rings. The van der Waals surface area contributed by atoms with Gasteiger partial charge in [0.1, 0.15) is 0 Å². The van der Waals surface area contributed by atoms with Crippen LogP contribution in [-0.4, -0.2) is 51.8 Å². The lowest BCUT2D eigenvalue weighted by atomic mass is 10.0. The molecule has 1 amide bonds. The van der Waals surface area contributed by atoms with Crippen LogP contribution in [0.1, 0.15) is 49.9 Å². The zero-order valence-electron chi connectivity index (χ0n) is 14.4. The molecule has 2 saturated heterocycles. The van der Waals surface area contributed by atoms with Crippen LogP contribution in [0.25, 0.3) is 0 Å². The van der Waals surface area contributed by atoms with Crippen LogP contribution in [0.15, 0.2) is 24.3 Å². The summed E-state index contributed by atoms with van der Waals surface area (Å²) in [7, 11) is 0. The molecule has 1 aromatic carbocycles. The minimum atomic E-state index is -0.455. The molecule has 2 aliphatic rings. The zero-order valence-corrected chi connectivity index (χ0v) is 14.4. The number of nitrogens with zero attached hydrogens (tertiary/aromatic N) is 3. The number of benzene rings is 1. The summed E-state index contributed by atoms with van der Waals surface area (Å²) in [5.74, 6) is -0.0945. The van der Waals surface area contributed by atoms with Gasteiger partial charge in [-0.25, -0.2) is 0 Å². The molecular formula is C18H25N3O3. The zero-order chi connectivity index (χ0) is 17.3. The highest BCUT2D eigenvalue weighted by Gasteiger charge is 2.36. The molecular weight excluding hydrogens is 306 g/mol. The van der Waals surface area contributed by atoms with Crippen LogP contribution in [0, 0.1) is 10.1 Å². The number of amides is 1. The van der Waals surface area contributed by atoms with Gasteiger partial charge in [-0.05, 0) is 45.6 Å². The molecule has 24 heavy (non-hydrogen) atoms. The van der Waals surface area contributed by atoms with Crippen LogP contribution in [-0.2, 0) is 0 Å². The van der Waals surface area contributed by atoms with Gasteiger partial charge in [0.05, 0.1) is 4.92 Å². The summed E-state index contributed by atoms with van der Waals surface area (Å²) in [4.78, 5) is 27.7. The predicted molar refractivity (Wildman–Crippen MR) is 92.0 cm³/mol. The third-order valence-corrected chi connectivity index (χ3v) is 5.43. The summed E-state index contributed by atoms with van der Waals surface area (Å²) in [5, 5.41) is 10.9. The van der Waals surface area contributed by atoms with Crippen molar-refractivity contribution in [1.29, 1.82) is 0 Å². The van der Waals surface area contributed by atoms with E-state index in [0.29, 0.717) is 23.7 Å². The average Bonchev–Trinajstić information content (AvgIpc) is 2.93. The number of piperidine rings is 1. The van der Waals surface area contributed by atoms with E-state index in [1.165, 1.54) is 25.0 Å². The summed E-state index contributed by atoms with van der Waals surface area (Å²) in [6, 6.07) is 7.58. The molecule has 3 rings (SSSR count). The first-order chi connectivity index (χ1) is 11.5. The average molecular weight is 331 g/mol. The number of rotatable bonds is 3. The van der Waals surface area contributed by atoms with E-state index < -0.39 is 4.92 Å². The van der Waals surface area contributed by atoms with Crippen LogP contribution in [0.2, 0.25) is 0 Å². The van der Waals surface area contributed by atoms with Gasteiger partial charge in [0.15, 0.2) is 0 Å². The molecule has 2 heterocycles. The Labute approximate surface area is 142 Å². The summed E-state index contributed by atoms with van der Waals surface area (Å²) in [6.07, 6.45) is 4.54. The third kappa shape index (κ3) is 3.29. The van der Waals surface area contributed by atoms with Gasteiger partial charge in [-0.15, -0.1) is 0 Å². The second kappa shape index (κ2) is 6.89. The lowest BCUT2D eigenvalue weighted by molar-refractivity contribution is -0.384. The normalized spacial score (nSPS) is 28.1. The van der Waals surface area contributed by atoms with E-state index >= 15 is 0 Å². The number of non-ortho nitro benzene ring substituents is 1. The Morgan fingerprint density at radius 2 is 1.92 bits per heavy atom. The Morgan fingerprint density at radius 1 is 1.21 bits per heavy atom. The van der Waals surface area contributed by atoms with E-state index in [9.17, 15) is 14.9 Å². The van der Waals surface area contributed by atoms with E-state index in [1.54, 1.807) is 12.1 Å². The van der Waals surface area contributed by atoms with Gasteiger partial charge in [-0.1, -0.05) is 6.07 Å². The van der Waals surface area contributed by atoms with Gasteiger partial charge < -0.3 is 4.90 Å². The maximum atomic E-state index is 12.8. The first-order valence-electron chi connectivity index (χ1n) is 8.78. The second-order valence-corrected chi connectivity index (χ2v) is 7.08. The van der Waals surface area contributed by atoms with Crippen LogP contribution in [0.4, 0.5) is 5.69 Å². The van der Waals surface area contributed by atoms with Crippen LogP contribution in [0.5, 0.6) is 0 Å². The van der Waals surface area contributed by atoms with Crippen LogP contribution >= 0.6 is 0 Å². The number of nitro benzene ring substituents is 1. The molecule has 0 unspecified atom stereocenters. The molecule has 2 fully saturated rings. The number of carbonyl (C=O) groups is 1. The van der Waals surface area contributed by atoms with Crippen LogP contribution in [0.3, 0.4) is 0 Å². The Kier molecular flexibility index (Phi) is 4.85. The number of hydrogen-bond donors (Lipinski definition) is 0. The van der Waals surface area contributed by atoms with E-state index in [0.717, 1.165) is 25.9 Å². The third-order valence-electron chi connectivity index (χ3n) is 5.43. The predicted octanol–water partition coefficient (Wildman–Crippen LogP) is 3.07. The quantitative estimate of drug-likeness (QED) is 0.630. The summed E-state index contributed by atoms with van der Waals surface area (Å²) < 4.78 is 0. The van der Waals surface area contributed by atoms with Gasteiger partial charge in [0.2, 0.25) is 0 Å². The van der Waals surface area contributed by atoms with Crippen molar-refractivity contribution < 1.29 is 9.72 Å². The fourth-order valence-corrected chi connectivity index (χ4v) is 4.25. The van der Waals surface area contributed by atoms with Crippen molar-refractivity contribution in [2.75, 3.05) is 13.1 Å². The molecule has 0 N–H and O–H groups in total. The minimum Gasteiger partial charge on any atom is -0.337 e. The molecule has 3 atom stereocenters. The Morgan fingerprint density at radius 3 is 2.58 bits per heavy atom. The molecule has 6 heteroatoms. The van der Waals surface area contributed by atoms with Crippen molar-refractivity contribution >= 4 is 11.6 Å². The monoisotopic (exact) mass is 331 g/mol. The van der Waals surface area contributed by atoms with E-state index in [4.69, 9.17) is 0 Å². The van der Waals surface area contributed by atoms with Gasteiger partial charge in [-0.2, -0.15) is 0 Å². The first kappa shape index (κ1) is 16.9. The highest BCUT2D eigenvalue weighted by Crippen LogP contribution is 2.30. The smallest absolute Gasteiger partial charge is 0.270 e. The molecule has 0 aromatic heterocycles. The highest BCUT2D eigenvalue weighted by atomic mass is 16.6. The summed E-state index contributed by atoms with van der Waals surface area (Å²) >= 11 is 0. The van der Waals surface area contributed by atoms with Gasteiger partial charge in [-0.3, -0.25) is 19.8 Å². The number of nitro groups is 1. The van der Waals surface area contributed by atoms with Crippen molar-refractivity contribution in [3.8, 4) is 0 Å². The van der Waals surface area contributed by atoms with Crippen molar-refractivity contribution in [2.45, 2.75) is 57.7 Å². The fraction of sp³-hybridized carbons (Fsp3) is 0.611. The van der Waals surface area contributed by atoms with E-state index in [1.807, 2.05) is 4.90 Å². The Balaban J connectivity index is 1.73. The maximum Gasteiger partial charge on any atom is 0.270 e. The number of carbonyl (C=O) groups excluding carboxylic acids is 1. The molecule has 6 nitrogen and oxygen atoms in total. The fourth-order valence-electron chi connectivity index (χ4n) is 4.25. The topological polar surface area (TPSA) is 66.7 Å². The molecule has 2 aliphatic heterocycles. The molecule has 0 spiro atoms. The lowest BCUT2D eigenvalue weighted by Gasteiger charge is -2.41. The Hall–Kier alpha value is -1.95. The van der Waals surface area contributed by atoms with Crippen LogP contribution < -0.4 is 0 Å². The molecule has 0 saturated carbocycles. The SMILES string of the molecule is C[C@@H]1CC[C@@H](C)N1[C@H]1CCCN(C(=O)c2cccc([N+](=O)[O-])c2)C1. The van der Waals surface area contributed by atoms with Crippen molar-refractivity contribution in [3.05, 3.63) is 39.9 Å². The number of hydrogen-bond acceptors (Lipinski definition) is 4. The van der Waals surface area contributed by atoms with Crippen molar-refractivity contribution in [2.24, 2.45) is 0 Å². The maximum absolute atomic E-state index is 12.8. The summed E-state index contributed by atoms with van der Waals surface area (Å²) in [6.45, 7) is 5.99. The second-order valence-electron chi connectivity index (χ2n) is 7.08. The van der Waals surface area contributed by atoms with Gasteiger partial charge in [0.25, 0.3) is 11.6 Å². The molecule has 0 bridgehead atoms. The molecule has 0 aliphatic carbocycles. The van der Waals surface area contributed by atoms with Crippen molar-refractivity contribution in [3.63, 3.8) is 0 Å². The molecule has 0 radical (unpaired) electrons. The Bertz CT molecular complexity index is 624. The van der Waals surface area contributed by atoms with Gasteiger partial charge in [0, 0.05) is 48.9 Å². The summed E-state index contributed by atoms with van der Waals surface area (Å²) in [5.41, 5.74) is 0.378. The highest BCUT2D eigenvalue weighted by molar-refractivity contribution is 5.94. The molecule has 130 valence electrons. The van der Waals surface area contributed by atoms with Crippen molar-refractivity contribution in [1.82, 2.24) is 9.80 Å². The lowest BCUT2D eigenvalue weighted by Crippen LogP contribution is -2.52. The number of likely N-dealkylation sites (tertiary alicyclic amines) is 2. The van der Waals surface area contributed by atoms with E-state index in [2.05, 4.69) is 18.7 Å². The van der Waals surface area contributed by atoms with Gasteiger partial charge >= 0.3 is 0 Å². The standard InChI is InChI=1S/C18H25N3O3/c1-13-8-9-14(2)20(13)17-7-4-10-19(12-17)18(22)15-5-3-6-16(11-15)21(23)24/h3,5-6,11,13-14,17H,4,7-10,12H2,1-2H3/t13-,14-,17+/m1/s1.